The third-order valence-electron chi connectivity index (χ3n) is 4.63. The predicted molar refractivity (Wildman–Crippen MR) is 124 cm³/mol. The van der Waals surface area contributed by atoms with Gasteiger partial charge in [0.1, 0.15) is 6.61 Å². The standard InChI is InChI=1S/C23H22N2O4S2/c1-30-19-7-3-16(4-8-19)21(26)23(28,17-5-9-20(31-2)10-6-17)15-29-22(27)25-18-11-13-24-14-12-18/h3-14,28H,15H2,1-2H3,(H,24,25,27). The minimum atomic E-state index is -2.03. The maximum absolute atomic E-state index is 13.3. The van der Waals surface area contributed by atoms with Crippen molar-refractivity contribution in [2.24, 2.45) is 0 Å². The number of anilines is 1. The first kappa shape index (κ1) is 22.9. The molecule has 0 aliphatic rings. The van der Waals surface area contributed by atoms with E-state index in [9.17, 15) is 14.7 Å². The van der Waals surface area contributed by atoms with Gasteiger partial charge in [-0.05, 0) is 54.5 Å². The molecule has 0 fully saturated rings. The minimum absolute atomic E-state index is 0.326. The van der Waals surface area contributed by atoms with Crippen molar-refractivity contribution < 1.29 is 19.4 Å². The topological polar surface area (TPSA) is 88.5 Å². The molecule has 0 aliphatic carbocycles. The van der Waals surface area contributed by atoms with Gasteiger partial charge in [0.25, 0.3) is 0 Å². The molecule has 1 atom stereocenters. The third-order valence-corrected chi connectivity index (χ3v) is 6.12. The lowest BCUT2D eigenvalue weighted by Crippen LogP contribution is -2.41. The molecule has 0 radical (unpaired) electrons. The van der Waals surface area contributed by atoms with E-state index >= 15 is 0 Å². The van der Waals surface area contributed by atoms with E-state index in [0.29, 0.717) is 16.8 Å². The molecule has 160 valence electrons. The van der Waals surface area contributed by atoms with Crippen LogP contribution in [0.1, 0.15) is 15.9 Å². The van der Waals surface area contributed by atoms with Crippen molar-refractivity contribution >= 4 is 41.1 Å². The number of aromatic nitrogens is 1. The SMILES string of the molecule is CSc1ccc(C(=O)C(O)(COC(=O)Nc2ccncc2)c2ccc(SC)cc2)cc1. The Hall–Kier alpha value is -2.81. The van der Waals surface area contributed by atoms with Crippen LogP contribution in [0.25, 0.3) is 0 Å². The summed E-state index contributed by atoms with van der Waals surface area (Å²) in [5.74, 6) is -0.547. The fourth-order valence-corrected chi connectivity index (χ4v) is 3.70. The van der Waals surface area contributed by atoms with Crippen molar-refractivity contribution in [1.82, 2.24) is 4.98 Å². The Morgan fingerprint density at radius 2 is 1.48 bits per heavy atom. The molecule has 1 heterocycles. The summed E-state index contributed by atoms with van der Waals surface area (Å²) in [6.07, 6.45) is 6.15. The van der Waals surface area contributed by atoms with E-state index in [2.05, 4.69) is 10.3 Å². The molecule has 0 saturated carbocycles. The number of carbonyl (C=O) groups excluding carboxylic acids is 2. The Bertz CT molecular complexity index is 1030. The molecule has 3 rings (SSSR count). The van der Waals surface area contributed by atoms with Gasteiger partial charge < -0.3 is 9.84 Å². The predicted octanol–water partition coefficient (Wildman–Crippen LogP) is 4.84. The van der Waals surface area contributed by atoms with Crippen molar-refractivity contribution in [2.45, 2.75) is 15.4 Å². The number of nitrogens with zero attached hydrogens (tertiary/aromatic N) is 1. The van der Waals surface area contributed by atoms with Gasteiger partial charge >= 0.3 is 6.09 Å². The molecule has 1 aromatic heterocycles. The number of thioether (sulfide) groups is 2. The molecule has 3 aromatic rings. The fourth-order valence-electron chi connectivity index (χ4n) is 2.89. The minimum Gasteiger partial charge on any atom is -0.445 e. The van der Waals surface area contributed by atoms with Crippen LogP contribution in [-0.4, -0.2) is 41.1 Å². The van der Waals surface area contributed by atoms with E-state index in [-0.39, 0.29) is 0 Å². The second-order valence-electron chi connectivity index (χ2n) is 6.58. The quantitative estimate of drug-likeness (QED) is 0.372. The number of amides is 1. The summed E-state index contributed by atoms with van der Waals surface area (Å²) in [5, 5.41) is 14.0. The Morgan fingerprint density at radius 3 is 2.03 bits per heavy atom. The summed E-state index contributed by atoms with van der Waals surface area (Å²) in [5.41, 5.74) is -0.867. The van der Waals surface area contributed by atoms with E-state index in [4.69, 9.17) is 4.74 Å². The Labute approximate surface area is 189 Å². The van der Waals surface area contributed by atoms with Crippen LogP contribution in [0.3, 0.4) is 0 Å². The van der Waals surface area contributed by atoms with Crippen LogP contribution < -0.4 is 5.32 Å². The number of aliphatic hydroxyl groups is 1. The van der Waals surface area contributed by atoms with Crippen LogP contribution in [0.2, 0.25) is 0 Å². The molecule has 6 nitrogen and oxygen atoms in total. The average molecular weight is 455 g/mol. The first-order valence-electron chi connectivity index (χ1n) is 9.36. The molecule has 0 bridgehead atoms. The summed E-state index contributed by atoms with van der Waals surface area (Å²) in [7, 11) is 0. The molecular formula is C23H22N2O4S2. The number of benzene rings is 2. The monoisotopic (exact) mass is 454 g/mol. The maximum Gasteiger partial charge on any atom is 0.411 e. The molecule has 1 amide bonds. The number of pyridine rings is 1. The number of Topliss-reactive ketones (excluding diaryl/α,β-unsaturated/α-hetero) is 1. The molecule has 0 saturated heterocycles. The number of rotatable bonds is 8. The number of nitrogens with one attached hydrogen (secondary N) is 1. The lowest BCUT2D eigenvalue weighted by molar-refractivity contribution is -0.00793. The highest BCUT2D eigenvalue weighted by Crippen LogP contribution is 2.29. The van der Waals surface area contributed by atoms with Crippen LogP contribution >= 0.6 is 23.5 Å². The van der Waals surface area contributed by atoms with Gasteiger partial charge in [0.15, 0.2) is 5.60 Å². The van der Waals surface area contributed by atoms with Crippen LogP contribution in [-0.2, 0) is 10.3 Å². The van der Waals surface area contributed by atoms with Crippen LogP contribution in [0.4, 0.5) is 10.5 Å². The highest BCUT2D eigenvalue weighted by atomic mass is 32.2. The largest absolute Gasteiger partial charge is 0.445 e. The van der Waals surface area contributed by atoms with Crippen molar-refractivity contribution in [3.63, 3.8) is 0 Å². The Kier molecular flexibility index (Phi) is 7.73. The second kappa shape index (κ2) is 10.5. The molecular weight excluding hydrogens is 432 g/mol. The van der Waals surface area contributed by atoms with Gasteiger partial charge in [0.05, 0.1) is 0 Å². The first-order valence-corrected chi connectivity index (χ1v) is 11.8. The van der Waals surface area contributed by atoms with Gasteiger partial charge in [0.2, 0.25) is 5.78 Å². The zero-order valence-electron chi connectivity index (χ0n) is 17.1. The van der Waals surface area contributed by atoms with Crippen LogP contribution in [0, 0.1) is 0 Å². The lowest BCUT2D eigenvalue weighted by atomic mass is 9.86. The summed E-state index contributed by atoms with van der Waals surface area (Å²) < 4.78 is 5.26. The van der Waals surface area contributed by atoms with Gasteiger partial charge in [-0.1, -0.05) is 24.3 Å². The average Bonchev–Trinajstić information content (AvgIpc) is 2.83. The zero-order chi connectivity index (χ0) is 22.3. The summed E-state index contributed by atoms with van der Waals surface area (Å²) >= 11 is 3.10. The smallest absolute Gasteiger partial charge is 0.411 e. The van der Waals surface area contributed by atoms with Crippen molar-refractivity contribution in [3.8, 4) is 0 Å². The van der Waals surface area contributed by atoms with Crippen molar-refractivity contribution in [3.05, 3.63) is 84.2 Å². The number of ether oxygens (including phenoxy) is 1. The van der Waals surface area contributed by atoms with Gasteiger partial charge in [-0.3, -0.25) is 15.1 Å². The van der Waals surface area contributed by atoms with E-state index in [0.717, 1.165) is 9.79 Å². The van der Waals surface area contributed by atoms with Gasteiger partial charge in [-0.25, -0.2) is 4.79 Å². The normalized spacial score (nSPS) is 12.6. The van der Waals surface area contributed by atoms with Crippen LogP contribution in [0.5, 0.6) is 0 Å². The van der Waals surface area contributed by atoms with Crippen LogP contribution in [0.15, 0.2) is 82.8 Å². The summed E-state index contributed by atoms with van der Waals surface area (Å²) in [6.45, 7) is -0.536. The van der Waals surface area contributed by atoms with E-state index in [1.807, 2.05) is 36.8 Å². The maximum atomic E-state index is 13.3. The fraction of sp³-hybridized carbons (Fsp3) is 0.174. The molecule has 31 heavy (non-hydrogen) atoms. The molecule has 2 aromatic carbocycles. The lowest BCUT2D eigenvalue weighted by Gasteiger charge is -2.27. The van der Waals surface area contributed by atoms with Gasteiger partial charge in [-0.2, -0.15) is 0 Å². The molecule has 1 unspecified atom stereocenters. The molecule has 0 aliphatic heterocycles. The van der Waals surface area contributed by atoms with Gasteiger partial charge in [-0.15, -0.1) is 23.5 Å². The third kappa shape index (κ3) is 5.66. The number of ketones is 1. The molecule has 8 heteroatoms. The zero-order valence-corrected chi connectivity index (χ0v) is 18.7. The van der Waals surface area contributed by atoms with E-state index in [1.54, 1.807) is 59.9 Å². The highest BCUT2D eigenvalue weighted by molar-refractivity contribution is 7.98. The Balaban J connectivity index is 1.85. The van der Waals surface area contributed by atoms with Gasteiger partial charge in [0, 0.05) is 33.4 Å². The number of hydrogen-bond acceptors (Lipinski definition) is 7. The summed E-state index contributed by atoms with van der Waals surface area (Å²) in [6, 6.07) is 17.1. The van der Waals surface area contributed by atoms with E-state index in [1.165, 1.54) is 12.4 Å². The van der Waals surface area contributed by atoms with E-state index < -0.39 is 24.1 Å². The van der Waals surface area contributed by atoms with Crippen molar-refractivity contribution in [1.29, 1.82) is 0 Å². The molecule has 2 N–H and O–H groups in total. The van der Waals surface area contributed by atoms with Crippen molar-refractivity contribution in [2.75, 3.05) is 24.4 Å². The highest BCUT2D eigenvalue weighted by Gasteiger charge is 2.40. The Morgan fingerprint density at radius 1 is 0.935 bits per heavy atom. The molecule has 0 spiro atoms. The number of hydrogen-bond donors (Lipinski definition) is 2. The summed E-state index contributed by atoms with van der Waals surface area (Å²) in [4.78, 5) is 31.4. The second-order valence-corrected chi connectivity index (χ2v) is 8.34. The number of carbonyl (C=O) groups is 2. The first-order chi connectivity index (χ1) is 15.0.